The second-order valence-electron chi connectivity index (χ2n) is 6.17. The zero-order chi connectivity index (χ0) is 17.5. The van der Waals surface area contributed by atoms with Crippen molar-refractivity contribution >= 4 is 34.6 Å². The van der Waals surface area contributed by atoms with E-state index in [1.54, 1.807) is 0 Å². The number of thiocarbonyl (C=S) groups is 1. The Morgan fingerprint density at radius 2 is 1.96 bits per heavy atom. The summed E-state index contributed by atoms with van der Waals surface area (Å²) >= 11 is 5.36. The third-order valence-electron chi connectivity index (χ3n) is 4.26. The lowest BCUT2D eigenvalue weighted by Gasteiger charge is -2.17. The van der Waals surface area contributed by atoms with Crippen molar-refractivity contribution in [2.75, 3.05) is 23.3 Å². The number of carbonyl (C=O) groups excluding carboxylic acids is 1. The van der Waals surface area contributed by atoms with E-state index < -0.39 is 0 Å². The van der Waals surface area contributed by atoms with Crippen LogP contribution in [0.1, 0.15) is 24.8 Å². The van der Waals surface area contributed by atoms with E-state index in [-0.39, 0.29) is 5.91 Å². The van der Waals surface area contributed by atoms with E-state index in [4.69, 9.17) is 12.2 Å². The Hall–Kier alpha value is -2.40. The molecule has 1 aliphatic heterocycles. The fourth-order valence-electron chi connectivity index (χ4n) is 2.99. The fraction of sp³-hybridized carbons (Fsp3) is 0.300. The smallest absolute Gasteiger partial charge is 0.227 e. The van der Waals surface area contributed by atoms with Crippen molar-refractivity contribution in [3.05, 3.63) is 60.2 Å². The van der Waals surface area contributed by atoms with Crippen LogP contribution < -0.4 is 15.5 Å². The normalized spacial score (nSPS) is 13.8. The van der Waals surface area contributed by atoms with Crippen molar-refractivity contribution in [3.63, 3.8) is 0 Å². The molecule has 0 saturated carbocycles. The average Bonchev–Trinajstić information content (AvgIpc) is 3.06. The molecule has 0 spiro atoms. The van der Waals surface area contributed by atoms with Crippen molar-refractivity contribution in [2.24, 2.45) is 0 Å². The number of nitrogens with one attached hydrogen (secondary N) is 2. The molecule has 0 bridgehead atoms. The van der Waals surface area contributed by atoms with E-state index >= 15 is 0 Å². The van der Waals surface area contributed by atoms with E-state index in [1.807, 2.05) is 35.2 Å². The summed E-state index contributed by atoms with van der Waals surface area (Å²) in [7, 11) is 0. The molecule has 0 radical (unpaired) electrons. The van der Waals surface area contributed by atoms with Gasteiger partial charge in [-0.15, -0.1) is 0 Å². The van der Waals surface area contributed by atoms with Gasteiger partial charge in [-0.3, -0.25) is 4.79 Å². The van der Waals surface area contributed by atoms with E-state index in [1.165, 1.54) is 5.56 Å². The number of hydrogen-bond donors (Lipinski definition) is 2. The van der Waals surface area contributed by atoms with Gasteiger partial charge in [0.15, 0.2) is 5.11 Å². The van der Waals surface area contributed by atoms with Gasteiger partial charge in [0, 0.05) is 30.9 Å². The van der Waals surface area contributed by atoms with Crippen LogP contribution in [0.3, 0.4) is 0 Å². The van der Waals surface area contributed by atoms with E-state index in [2.05, 4.69) is 34.9 Å². The number of hydrogen-bond acceptors (Lipinski definition) is 2. The maximum Gasteiger partial charge on any atom is 0.227 e. The molecule has 2 aromatic carbocycles. The molecule has 2 aromatic rings. The zero-order valence-electron chi connectivity index (χ0n) is 14.2. The molecule has 0 atom stereocenters. The number of benzene rings is 2. The Balaban J connectivity index is 1.45. The summed E-state index contributed by atoms with van der Waals surface area (Å²) in [6, 6.07) is 18.3. The molecule has 130 valence electrons. The van der Waals surface area contributed by atoms with Crippen LogP contribution in [0.4, 0.5) is 11.4 Å². The molecule has 0 unspecified atom stereocenters. The van der Waals surface area contributed by atoms with Gasteiger partial charge < -0.3 is 15.5 Å². The molecular weight excluding hydrogens is 330 g/mol. The highest BCUT2D eigenvalue weighted by atomic mass is 32.1. The van der Waals surface area contributed by atoms with Gasteiger partial charge >= 0.3 is 0 Å². The van der Waals surface area contributed by atoms with Crippen molar-refractivity contribution in [2.45, 2.75) is 25.7 Å². The molecule has 25 heavy (non-hydrogen) atoms. The van der Waals surface area contributed by atoms with Crippen LogP contribution in [0.15, 0.2) is 54.6 Å². The van der Waals surface area contributed by atoms with Gasteiger partial charge in [-0.25, -0.2) is 0 Å². The summed E-state index contributed by atoms with van der Waals surface area (Å²) < 4.78 is 0. The number of nitrogens with zero attached hydrogens (tertiary/aromatic N) is 1. The summed E-state index contributed by atoms with van der Waals surface area (Å²) in [5, 5.41) is 7.05. The molecule has 1 amide bonds. The highest BCUT2D eigenvalue weighted by molar-refractivity contribution is 7.80. The van der Waals surface area contributed by atoms with E-state index in [0.29, 0.717) is 11.5 Å². The molecule has 4 nitrogen and oxygen atoms in total. The van der Waals surface area contributed by atoms with Gasteiger partial charge in [-0.2, -0.15) is 0 Å². The Labute approximate surface area is 154 Å². The SMILES string of the molecule is O=C1CCCN1c1cccc(NC(=S)NCCCc2ccccc2)c1. The van der Waals surface area contributed by atoms with Gasteiger partial charge in [-0.1, -0.05) is 36.4 Å². The minimum Gasteiger partial charge on any atom is -0.362 e. The second-order valence-corrected chi connectivity index (χ2v) is 6.58. The summed E-state index contributed by atoms with van der Waals surface area (Å²) in [6.07, 6.45) is 3.62. The third kappa shape index (κ3) is 5.03. The summed E-state index contributed by atoms with van der Waals surface area (Å²) in [5.74, 6) is 0.193. The van der Waals surface area contributed by atoms with Gasteiger partial charge in [0.1, 0.15) is 0 Å². The molecule has 2 N–H and O–H groups in total. The minimum absolute atomic E-state index is 0.193. The first-order valence-electron chi connectivity index (χ1n) is 8.71. The quantitative estimate of drug-likeness (QED) is 0.613. The maximum atomic E-state index is 11.9. The molecule has 1 saturated heterocycles. The number of rotatable bonds is 6. The van der Waals surface area contributed by atoms with Gasteiger partial charge in [0.25, 0.3) is 0 Å². The number of aryl methyl sites for hydroxylation is 1. The first-order valence-corrected chi connectivity index (χ1v) is 9.12. The Morgan fingerprint density at radius 1 is 1.12 bits per heavy atom. The summed E-state index contributed by atoms with van der Waals surface area (Å²) in [5.41, 5.74) is 3.17. The lowest BCUT2D eigenvalue weighted by molar-refractivity contribution is -0.117. The lowest BCUT2D eigenvalue weighted by atomic mass is 10.1. The Bertz CT molecular complexity index is 733. The number of amides is 1. The fourth-order valence-corrected chi connectivity index (χ4v) is 3.21. The lowest BCUT2D eigenvalue weighted by Crippen LogP contribution is -2.29. The first-order chi connectivity index (χ1) is 12.2. The Kier molecular flexibility index (Phi) is 6.01. The van der Waals surface area contributed by atoms with Crippen molar-refractivity contribution in [1.82, 2.24) is 5.32 Å². The predicted molar refractivity (Wildman–Crippen MR) is 107 cm³/mol. The average molecular weight is 353 g/mol. The van der Waals surface area contributed by atoms with Gasteiger partial charge in [0.2, 0.25) is 5.91 Å². The van der Waals surface area contributed by atoms with Crippen LogP contribution in [0.5, 0.6) is 0 Å². The van der Waals surface area contributed by atoms with Crippen molar-refractivity contribution < 1.29 is 4.79 Å². The topological polar surface area (TPSA) is 44.4 Å². The molecular formula is C20H23N3OS. The highest BCUT2D eigenvalue weighted by Gasteiger charge is 2.21. The van der Waals surface area contributed by atoms with Crippen LogP contribution in [0.2, 0.25) is 0 Å². The molecule has 1 aliphatic rings. The standard InChI is InChI=1S/C20H23N3OS/c24-19-12-6-14-23(19)18-11-4-10-17(15-18)22-20(25)21-13-5-9-16-7-2-1-3-8-16/h1-4,7-8,10-11,15H,5-6,9,12-14H2,(H2,21,22,25). The van der Waals surface area contributed by atoms with Gasteiger partial charge in [-0.05, 0) is 55.2 Å². The molecule has 1 fully saturated rings. The molecule has 0 aromatic heterocycles. The van der Waals surface area contributed by atoms with E-state index in [9.17, 15) is 4.79 Å². The third-order valence-corrected chi connectivity index (χ3v) is 4.51. The van der Waals surface area contributed by atoms with E-state index in [0.717, 1.165) is 43.7 Å². The zero-order valence-corrected chi connectivity index (χ0v) is 15.0. The second kappa shape index (κ2) is 8.62. The monoisotopic (exact) mass is 353 g/mol. The Morgan fingerprint density at radius 3 is 2.72 bits per heavy atom. The molecule has 1 heterocycles. The number of carbonyl (C=O) groups is 1. The molecule has 5 heteroatoms. The highest BCUT2D eigenvalue weighted by Crippen LogP contribution is 2.24. The maximum absolute atomic E-state index is 11.9. The van der Waals surface area contributed by atoms with Gasteiger partial charge in [0.05, 0.1) is 0 Å². The molecule has 0 aliphatic carbocycles. The number of anilines is 2. The summed E-state index contributed by atoms with van der Waals surface area (Å²) in [4.78, 5) is 13.7. The minimum atomic E-state index is 0.193. The predicted octanol–water partition coefficient (Wildman–Crippen LogP) is 3.73. The van der Waals surface area contributed by atoms with Crippen molar-refractivity contribution in [1.29, 1.82) is 0 Å². The largest absolute Gasteiger partial charge is 0.362 e. The van der Waals surface area contributed by atoms with Crippen LogP contribution >= 0.6 is 12.2 Å². The first kappa shape index (κ1) is 17.4. The van der Waals surface area contributed by atoms with Crippen LogP contribution in [-0.4, -0.2) is 24.1 Å². The van der Waals surface area contributed by atoms with Crippen LogP contribution in [-0.2, 0) is 11.2 Å². The molecule has 3 rings (SSSR count). The van der Waals surface area contributed by atoms with Crippen LogP contribution in [0.25, 0.3) is 0 Å². The van der Waals surface area contributed by atoms with Crippen LogP contribution in [0, 0.1) is 0 Å². The summed E-state index contributed by atoms with van der Waals surface area (Å²) in [6.45, 7) is 1.62. The van der Waals surface area contributed by atoms with Crippen molar-refractivity contribution in [3.8, 4) is 0 Å².